The van der Waals surface area contributed by atoms with Crippen molar-refractivity contribution in [3.63, 3.8) is 0 Å². The number of allylic oxidation sites excluding steroid dienone is 3. The van der Waals surface area contributed by atoms with Crippen LogP contribution in [0.2, 0.25) is 0 Å². The SMILES string of the molecule is CCOc1ccc([C@@H]2C(C(=O)OC(C)C)=C(C)NC3=C2C(=O)[C@H](C(=O)OC)[C@H](C)C3)cc1OC. The van der Waals surface area contributed by atoms with Gasteiger partial charge in [0, 0.05) is 22.9 Å². The number of esters is 2. The summed E-state index contributed by atoms with van der Waals surface area (Å²) >= 11 is 0. The highest BCUT2D eigenvalue weighted by Crippen LogP contribution is 2.46. The van der Waals surface area contributed by atoms with Gasteiger partial charge in [-0.05, 0) is 57.7 Å². The lowest BCUT2D eigenvalue weighted by Gasteiger charge is -2.38. The van der Waals surface area contributed by atoms with Gasteiger partial charge in [-0.3, -0.25) is 9.59 Å². The quantitative estimate of drug-likeness (QED) is 0.475. The highest BCUT2D eigenvalue weighted by molar-refractivity contribution is 6.12. The molecule has 3 atom stereocenters. The Kier molecular flexibility index (Phi) is 7.69. The Morgan fingerprint density at radius 3 is 2.47 bits per heavy atom. The monoisotopic (exact) mass is 471 g/mol. The number of hydrogen-bond donors (Lipinski definition) is 1. The summed E-state index contributed by atoms with van der Waals surface area (Å²) in [5.41, 5.74) is 2.68. The minimum Gasteiger partial charge on any atom is -0.493 e. The molecule has 3 rings (SSSR count). The maximum absolute atomic E-state index is 13.7. The summed E-state index contributed by atoms with van der Waals surface area (Å²) in [6.45, 7) is 9.51. The summed E-state index contributed by atoms with van der Waals surface area (Å²) in [5.74, 6) is -2.35. The molecule has 1 N–H and O–H groups in total. The van der Waals surface area contributed by atoms with Crippen LogP contribution in [0.3, 0.4) is 0 Å². The molecule has 0 aromatic heterocycles. The Morgan fingerprint density at radius 2 is 1.88 bits per heavy atom. The van der Waals surface area contributed by atoms with Crippen molar-refractivity contribution < 1.29 is 33.3 Å². The zero-order valence-electron chi connectivity index (χ0n) is 20.8. The average molecular weight is 472 g/mol. The molecule has 2 aliphatic rings. The van der Waals surface area contributed by atoms with E-state index in [1.54, 1.807) is 32.9 Å². The summed E-state index contributed by atoms with van der Waals surface area (Å²) in [6, 6.07) is 5.33. The van der Waals surface area contributed by atoms with Crippen molar-refractivity contribution in [2.24, 2.45) is 11.8 Å². The molecule has 8 nitrogen and oxygen atoms in total. The zero-order chi connectivity index (χ0) is 25.2. The van der Waals surface area contributed by atoms with Crippen molar-refractivity contribution in [3.8, 4) is 11.5 Å². The molecule has 8 heteroatoms. The van der Waals surface area contributed by atoms with Crippen molar-refractivity contribution in [1.29, 1.82) is 0 Å². The van der Waals surface area contributed by atoms with Crippen LogP contribution in [0.5, 0.6) is 11.5 Å². The molecule has 1 aromatic rings. The van der Waals surface area contributed by atoms with E-state index in [0.717, 1.165) is 0 Å². The smallest absolute Gasteiger partial charge is 0.337 e. The van der Waals surface area contributed by atoms with Gasteiger partial charge in [0.25, 0.3) is 0 Å². The number of methoxy groups -OCH3 is 2. The van der Waals surface area contributed by atoms with E-state index in [4.69, 9.17) is 18.9 Å². The highest BCUT2D eigenvalue weighted by Gasteiger charge is 2.47. The van der Waals surface area contributed by atoms with Gasteiger partial charge in [0.2, 0.25) is 0 Å². The van der Waals surface area contributed by atoms with E-state index >= 15 is 0 Å². The van der Waals surface area contributed by atoms with E-state index in [1.165, 1.54) is 14.2 Å². The number of benzene rings is 1. The molecule has 34 heavy (non-hydrogen) atoms. The maximum Gasteiger partial charge on any atom is 0.337 e. The van der Waals surface area contributed by atoms with Crippen LogP contribution in [0.4, 0.5) is 0 Å². The Hall–Kier alpha value is -3.29. The third-order valence-electron chi connectivity index (χ3n) is 6.13. The van der Waals surface area contributed by atoms with Gasteiger partial charge in [0.05, 0.1) is 32.5 Å². The second kappa shape index (κ2) is 10.3. The molecule has 0 radical (unpaired) electrons. The minimum atomic E-state index is -0.946. The number of carbonyl (C=O) groups is 3. The molecular weight excluding hydrogens is 438 g/mol. The predicted molar refractivity (Wildman–Crippen MR) is 125 cm³/mol. The van der Waals surface area contributed by atoms with E-state index in [0.29, 0.717) is 52.6 Å². The van der Waals surface area contributed by atoms with Crippen LogP contribution in [-0.4, -0.2) is 44.7 Å². The van der Waals surface area contributed by atoms with Crippen molar-refractivity contribution in [3.05, 3.63) is 46.3 Å². The average Bonchev–Trinajstić information content (AvgIpc) is 2.77. The first-order valence-corrected chi connectivity index (χ1v) is 11.5. The molecule has 0 saturated heterocycles. The van der Waals surface area contributed by atoms with Crippen molar-refractivity contribution in [2.45, 2.75) is 53.1 Å². The number of ether oxygens (including phenoxy) is 4. The van der Waals surface area contributed by atoms with Crippen LogP contribution in [-0.2, 0) is 23.9 Å². The normalized spacial score (nSPS) is 22.2. The van der Waals surface area contributed by atoms with E-state index in [9.17, 15) is 14.4 Å². The Balaban J connectivity index is 2.22. The molecule has 0 fully saturated rings. The first-order chi connectivity index (χ1) is 16.1. The standard InChI is InChI=1S/C26H33NO7/c1-8-33-18-10-9-16(12-19(18)31-6)22-21(26(30)34-13(2)3)15(5)27-17-11-14(4)20(25(29)32-7)24(28)23(17)22/h9-10,12-14,20,22,27H,8,11H2,1-7H3/t14-,20-,22-/m1/s1. The predicted octanol–water partition coefficient (Wildman–Crippen LogP) is 3.66. The summed E-state index contributed by atoms with van der Waals surface area (Å²) in [5, 5.41) is 3.25. The Labute approximate surface area is 200 Å². The second-order valence-electron chi connectivity index (χ2n) is 8.83. The molecule has 1 aliphatic carbocycles. The van der Waals surface area contributed by atoms with Crippen molar-refractivity contribution in [2.75, 3.05) is 20.8 Å². The lowest BCUT2D eigenvalue weighted by Crippen LogP contribution is -2.43. The number of rotatable bonds is 7. The third kappa shape index (κ3) is 4.67. The fourth-order valence-electron chi connectivity index (χ4n) is 4.70. The van der Waals surface area contributed by atoms with E-state index in [1.807, 2.05) is 19.9 Å². The summed E-state index contributed by atoms with van der Waals surface area (Å²) in [7, 11) is 2.81. The van der Waals surface area contributed by atoms with Gasteiger partial charge >= 0.3 is 11.9 Å². The lowest BCUT2D eigenvalue weighted by atomic mass is 9.69. The molecule has 0 amide bonds. The van der Waals surface area contributed by atoms with Gasteiger partial charge in [-0.1, -0.05) is 13.0 Å². The number of ketones is 1. The van der Waals surface area contributed by atoms with Gasteiger partial charge in [-0.2, -0.15) is 0 Å². The summed E-state index contributed by atoms with van der Waals surface area (Å²) < 4.78 is 21.6. The van der Waals surface area contributed by atoms with Crippen LogP contribution < -0.4 is 14.8 Å². The second-order valence-corrected chi connectivity index (χ2v) is 8.83. The van der Waals surface area contributed by atoms with Crippen LogP contribution in [0.1, 0.15) is 52.5 Å². The van der Waals surface area contributed by atoms with Gasteiger partial charge in [-0.15, -0.1) is 0 Å². The molecule has 1 aromatic carbocycles. The van der Waals surface area contributed by atoms with Gasteiger partial charge in [-0.25, -0.2) is 4.79 Å². The van der Waals surface area contributed by atoms with Gasteiger partial charge < -0.3 is 24.3 Å². The fraction of sp³-hybridized carbons (Fsp3) is 0.500. The molecule has 1 heterocycles. The van der Waals surface area contributed by atoms with Crippen molar-refractivity contribution in [1.82, 2.24) is 5.32 Å². The highest BCUT2D eigenvalue weighted by atomic mass is 16.5. The molecule has 0 bridgehead atoms. The first kappa shape index (κ1) is 25.3. The van der Waals surface area contributed by atoms with Crippen LogP contribution >= 0.6 is 0 Å². The number of nitrogens with one attached hydrogen (secondary N) is 1. The van der Waals surface area contributed by atoms with Crippen LogP contribution in [0, 0.1) is 11.8 Å². The topological polar surface area (TPSA) is 100 Å². The number of hydrogen-bond acceptors (Lipinski definition) is 8. The third-order valence-corrected chi connectivity index (χ3v) is 6.13. The Morgan fingerprint density at radius 1 is 1.18 bits per heavy atom. The number of Topliss-reactive ketones (excluding diaryl/α,β-unsaturated/α-hetero) is 1. The van der Waals surface area contributed by atoms with E-state index in [2.05, 4.69) is 5.32 Å². The molecule has 0 saturated carbocycles. The molecule has 1 aliphatic heterocycles. The lowest BCUT2D eigenvalue weighted by molar-refractivity contribution is -0.151. The van der Waals surface area contributed by atoms with Crippen LogP contribution in [0.15, 0.2) is 40.7 Å². The van der Waals surface area contributed by atoms with Gasteiger partial charge in [0.1, 0.15) is 5.92 Å². The molecule has 0 unspecified atom stereocenters. The zero-order valence-corrected chi connectivity index (χ0v) is 20.8. The largest absolute Gasteiger partial charge is 0.493 e. The van der Waals surface area contributed by atoms with E-state index < -0.39 is 23.8 Å². The summed E-state index contributed by atoms with van der Waals surface area (Å²) in [4.78, 5) is 39.5. The summed E-state index contributed by atoms with van der Waals surface area (Å²) in [6.07, 6.45) is 0.124. The number of dihydropyridines is 1. The first-order valence-electron chi connectivity index (χ1n) is 11.5. The maximum atomic E-state index is 13.7. The molecule has 0 spiro atoms. The Bertz CT molecular complexity index is 1050. The molecule has 184 valence electrons. The fourth-order valence-corrected chi connectivity index (χ4v) is 4.70. The van der Waals surface area contributed by atoms with Crippen LogP contribution in [0.25, 0.3) is 0 Å². The molecular formula is C26H33NO7. The number of carbonyl (C=O) groups excluding carboxylic acids is 3. The van der Waals surface area contributed by atoms with Gasteiger partial charge in [0.15, 0.2) is 17.3 Å². The minimum absolute atomic E-state index is 0.251. The van der Waals surface area contributed by atoms with E-state index in [-0.39, 0.29) is 17.8 Å². The van der Waals surface area contributed by atoms with Crippen molar-refractivity contribution >= 4 is 17.7 Å².